The van der Waals surface area contributed by atoms with Gasteiger partial charge in [-0.05, 0) is 19.4 Å². The maximum atomic E-state index is 5.45. The number of rotatable bonds is 3. The molecule has 0 aliphatic rings. The van der Waals surface area contributed by atoms with Gasteiger partial charge in [0.25, 0.3) is 0 Å². The topological polar surface area (TPSA) is 69.1 Å². The summed E-state index contributed by atoms with van der Waals surface area (Å²) in [7, 11) is 0. The van der Waals surface area contributed by atoms with Gasteiger partial charge in [-0.3, -0.25) is 0 Å². The summed E-state index contributed by atoms with van der Waals surface area (Å²) in [6.07, 6.45) is 5.27. The maximum absolute atomic E-state index is 5.45. The second-order valence-electron chi connectivity index (χ2n) is 3.07. The van der Waals surface area contributed by atoms with E-state index in [4.69, 9.17) is 5.73 Å². The van der Waals surface area contributed by atoms with E-state index in [2.05, 4.69) is 21.9 Å². The number of hydrogen-bond donors (Lipinski definition) is 1. The number of hydrogen-bond acceptors (Lipinski definition) is 4. The van der Waals surface area contributed by atoms with E-state index in [0.29, 0.717) is 12.4 Å². The van der Waals surface area contributed by atoms with Gasteiger partial charge in [0, 0.05) is 12.7 Å². The first kappa shape index (κ1) is 11.3. The van der Waals surface area contributed by atoms with Crippen molar-refractivity contribution in [2.45, 2.75) is 20.4 Å². The summed E-state index contributed by atoms with van der Waals surface area (Å²) in [5.74, 6) is 0.667. The van der Waals surface area contributed by atoms with Crippen molar-refractivity contribution in [2.75, 3.05) is 0 Å². The molecule has 0 atom stereocenters. The van der Waals surface area contributed by atoms with Gasteiger partial charge in [0.15, 0.2) is 5.84 Å². The molecule has 0 unspecified atom stereocenters. The molecule has 1 aromatic heterocycles. The number of allylic oxidation sites excluding steroid dienone is 2. The highest BCUT2D eigenvalue weighted by Crippen LogP contribution is 1.99. The first-order valence-electron chi connectivity index (χ1n) is 4.65. The Bertz CT molecular complexity index is 400. The molecule has 0 saturated carbocycles. The molecule has 15 heavy (non-hydrogen) atoms. The second-order valence-corrected chi connectivity index (χ2v) is 3.07. The molecular weight excluding hydrogens is 190 g/mol. The molecule has 0 amide bonds. The maximum Gasteiger partial charge on any atom is 0.157 e. The third-order valence-electron chi connectivity index (χ3n) is 1.69. The van der Waals surface area contributed by atoms with Crippen LogP contribution in [0.4, 0.5) is 0 Å². The van der Waals surface area contributed by atoms with Crippen molar-refractivity contribution >= 4 is 5.84 Å². The third kappa shape index (κ3) is 2.85. The lowest BCUT2D eigenvalue weighted by Crippen LogP contribution is -2.13. The Morgan fingerprint density at radius 1 is 1.73 bits per heavy atom. The Kier molecular flexibility index (Phi) is 3.93. The Balaban J connectivity index is 3.04. The van der Waals surface area contributed by atoms with E-state index in [0.717, 1.165) is 11.3 Å². The predicted molar refractivity (Wildman–Crippen MR) is 60.4 cm³/mol. The molecule has 0 aliphatic heterocycles. The third-order valence-corrected chi connectivity index (χ3v) is 1.69. The molecule has 0 aromatic carbocycles. The van der Waals surface area contributed by atoms with Crippen molar-refractivity contribution in [3.8, 4) is 0 Å². The van der Waals surface area contributed by atoms with E-state index in [1.807, 2.05) is 19.9 Å². The van der Waals surface area contributed by atoms with Gasteiger partial charge in [0.05, 0.1) is 11.9 Å². The van der Waals surface area contributed by atoms with Crippen LogP contribution in [0.25, 0.3) is 0 Å². The zero-order valence-corrected chi connectivity index (χ0v) is 9.01. The molecule has 1 heterocycles. The summed E-state index contributed by atoms with van der Waals surface area (Å²) >= 11 is 0. The summed E-state index contributed by atoms with van der Waals surface area (Å²) in [6, 6.07) is 0. The summed E-state index contributed by atoms with van der Waals surface area (Å²) in [5.41, 5.74) is 6.99. The van der Waals surface area contributed by atoms with Gasteiger partial charge in [0.2, 0.25) is 0 Å². The van der Waals surface area contributed by atoms with Crippen LogP contribution in [0.1, 0.15) is 19.5 Å². The zero-order valence-electron chi connectivity index (χ0n) is 9.01. The summed E-state index contributed by atoms with van der Waals surface area (Å²) in [4.78, 5) is 4.22. The van der Waals surface area contributed by atoms with Crippen LogP contribution in [0.2, 0.25) is 0 Å². The lowest BCUT2D eigenvalue weighted by atomic mass is 10.3. The van der Waals surface area contributed by atoms with E-state index in [-0.39, 0.29) is 0 Å². The molecule has 0 bridgehead atoms. The highest BCUT2D eigenvalue weighted by atomic mass is 15.4. The van der Waals surface area contributed by atoms with E-state index < -0.39 is 0 Å². The second kappa shape index (κ2) is 5.21. The summed E-state index contributed by atoms with van der Waals surface area (Å²) in [6.45, 7) is 7.97. The predicted octanol–water partition coefficient (Wildman–Crippen LogP) is 1.09. The Labute approximate surface area is 89.0 Å². The van der Waals surface area contributed by atoms with Crippen LogP contribution in [0.3, 0.4) is 0 Å². The molecule has 1 rings (SSSR count). The molecule has 2 N–H and O–H groups in total. The van der Waals surface area contributed by atoms with Crippen LogP contribution >= 0.6 is 0 Å². The van der Waals surface area contributed by atoms with Gasteiger partial charge < -0.3 is 5.73 Å². The van der Waals surface area contributed by atoms with Crippen molar-refractivity contribution in [1.29, 1.82) is 0 Å². The molecule has 5 nitrogen and oxygen atoms in total. The molecule has 0 saturated heterocycles. The first-order chi connectivity index (χ1) is 7.19. The average Bonchev–Trinajstić information content (AvgIpc) is 2.66. The minimum atomic E-state index is 0.368. The summed E-state index contributed by atoms with van der Waals surface area (Å²) < 4.78 is 1.57. The highest BCUT2D eigenvalue weighted by Gasteiger charge is 2.05. The SMILES string of the molecule is C=C(C)C(=N/C=C\C)n1cc(CN)nn1. The average molecular weight is 205 g/mol. The fourth-order valence-electron chi connectivity index (χ4n) is 1.01. The Morgan fingerprint density at radius 2 is 2.47 bits per heavy atom. The monoisotopic (exact) mass is 205 g/mol. The van der Waals surface area contributed by atoms with Gasteiger partial charge in [-0.1, -0.05) is 17.9 Å². The lowest BCUT2D eigenvalue weighted by molar-refractivity contribution is 0.828. The molecule has 0 fully saturated rings. The van der Waals surface area contributed by atoms with E-state index in [1.165, 1.54) is 0 Å². The van der Waals surface area contributed by atoms with Crippen molar-refractivity contribution in [3.05, 3.63) is 36.3 Å². The lowest BCUT2D eigenvalue weighted by Gasteiger charge is -2.02. The number of nitrogens with two attached hydrogens (primary N) is 1. The molecular formula is C10H15N5. The fourth-order valence-corrected chi connectivity index (χ4v) is 1.01. The largest absolute Gasteiger partial charge is 0.325 e. The van der Waals surface area contributed by atoms with Crippen LogP contribution in [0.15, 0.2) is 35.6 Å². The Morgan fingerprint density at radius 3 is 2.93 bits per heavy atom. The van der Waals surface area contributed by atoms with Gasteiger partial charge in [-0.15, -0.1) is 5.10 Å². The van der Waals surface area contributed by atoms with Crippen LogP contribution in [-0.4, -0.2) is 20.8 Å². The van der Waals surface area contributed by atoms with Crippen LogP contribution in [0, 0.1) is 0 Å². The van der Waals surface area contributed by atoms with Crippen molar-refractivity contribution in [3.63, 3.8) is 0 Å². The van der Waals surface area contributed by atoms with Gasteiger partial charge in [-0.2, -0.15) is 0 Å². The number of aliphatic imine (C=N–C) groups is 1. The molecule has 5 heteroatoms. The quantitative estimate of drug-likeness (QED) is 0.593. The van der Waals surface area contributed by atoms with Crippen LogP contribution < -0.4 is 5.73 Å². The minimum absolute atomic E-state index is 0.368. The fraction of sp³-hybridized carbons (Fsp3) is 0.300. The molecule has 0 radical (unpaired) electrons. The van der Waals surface area contributed by atoms with Crippen molar-refractivity contribution in [2.24, 2.45) is 10.7 Å². The molecule has 80 valence electrons. The van der Waals surface area contributed by atoms with Crippen molar-refractivity contribution < 1.29 is 0 Å². The molecule has 1 aromatic rings. The number of nitrogens with zero attached hydrogens (tertiary/aromatic N) is 4. The Hall–Kier alpha value is -1.75. The number of aromatic nitrogens is 3. The minimum Gasteiger partial charge on any atom is -0.325 e. The standard InChI is InChI=1S/C10H15N5/c1-4-5-12-10(8(2)3)15-7-9(6-11)13-14-15/h4-5,7H,2,6,11H2,1,3H3/b5-4-,12-10?. The van der Waals surface area contributed by atoms with Crippen LogP contribution in [-0.2, 0) is 6.54 Å². The van der Waals surface area contributed by atoms with Gasteiger partial charge in [0.1, 0.15) is 0 Å². The van der Waals surface area contributed by atoms with E-state index in [9.17, 15) is 0 Å². The van der Waals surface area contributed by atoms with Crippen LogP contribution in [0.5, 0.6) is 0 Å². The molecule has 0 spiro atoms. The normalized spacial score (nSPS) is 12.3. The molecule has 0 aliphatic carbocycles. The smallest absolute Gasteiger partial charge is 0.157 e. The van der Waals surface area contributed by atoms with Gasteiger partial charge in [-0.25, -0.2) is 9.67 Å². The summed E-state index contributed by atoms with van der Waals surface area (Å²) in [5, 5.41) is 7.81. The van der Waals surface area contributed by atoms with Crippen molar-refractivity contribution in [1.82, 2.24) is 15.0 Å². The zero-order chi connectivity index (χ0) is 11.3. The first-order valence-corrected chi connectivity index (χ1v) is 4.65. The van der Waals surface area contributed by atoms with E-state index in [1.54, 1.807) is 17.1 Å². The van der Waals surface area contributed by atoms with Gasteiger partial charge >= 0.3 is 0 Å². The highest BCUT2D eigenvalue weighted by molar-refractivity contribution is 5.98. The van der Waals surface area contributed by atoms with E-state index >= 15 is 0 Å².